The third-order valence-electron chi connectivity index (χ3n) is 2.33. The van der Waals surface area contributed by atoms with Gasteiger partial charge in [0.05, 0.1) is 12.7 Å². The normalized spacial score (nSPS) is 10.3. The van der Waals surface area contributed by atoms with Gasteiger partial charge in [0.2, 0.25) is 5.82 Å². The minimum atomic E-state index is -0.774. The van der Waals surface area contributed by atoms with Crippen molar-refractivity contribution in [2.45, 2.75) is 0 Å². The molecule has 2 aromatic rings. The molecule has 1 heterocycles. The van der Waals surface area contributed by atoms with Crippen molar-refractivity contribution in [2.24, 2.45) is 0 Å². The van der Waals surface area contributed by atoms with E-state index in [2.05, 4.69) is 14.7 Å². The minimum absolute atomic E-state index is 0.120. The number of carbonyl (C=O) groups excluding carboxylic acids is 1. The Morgan fingerprint density at radius 1 is 1.21 bits per heavy atom. The van der Waals surface area contributed by atoms with Crippen LogP contribution in [0.5, 0.6) is 0 Å². The van der Waals surface area contributed by atoms with Crippen LogP contribution in [-0.4, -0.2) is 23.0 Å². The van der Waals surface area contributed by atoms with Gasteiger partial charge >= 0.3 is 5.97 Å². The third-order valence-corrected chi connectivity index (χ3v) is 2.88. The highest BCUT2D eigenvalue weighted by atomic mass is 35.5. The second-order valence-electron chi connectivity index (χ2n) is 3.48. The van der Waals surface area contributed by atoms with Gasteiger partial charge in [-0.15, -0.1) is 0 Å². The van der Waals surface area contributed by atoms with Crippen LogP contribution < -0.4 is 0 Å². The molecule has 4 nitrogen and oxygen atoms in total. The zero-order valence-corrected chi connectivity index (χ0v) is 11.2. The summed E-state index contributed by atoms with van der Waals surface area (Å²) >= 11 is 11.9. The lowest BCUT2D eigenvalue weighted by molar-refractivity contribution is 0.0586. The molecule has 0 aliphatic heterocycles. The van der Waals surface area contributed by atoms with Crippen molar-refractivity contribution >= 4 is 29.2 Å². The van der Waals surface area contributed by atoms with E-state index in [1.807, 2.05) is 0 Å². The van der Waals surface area contributed by atoms with Crippen molar-refractivity contribution in [3.63, 3.8) is 0 Å². The first-order chi connectivity index (χ1) is 9.04. The topological polar surface area (TPSA) is 52.1 Å². The molecule has 0 aliphatic carbocycles. The molecule has 0 radical (unpaired) electrons. The number of benzene rings is 1. The van der Waals surface area contributed by atoms with Gasteiger partial charge in [0.25, 0.3) is 0 Å². The molecule has 0 saturated carbocycles. The molecule has 2 rings (SSSR count). The lowest BCUT2D eigenvalue weighted by atomic mass is 10.1. The van der Waals surface area contributed by atoms with Gasteiger partial charge in [0.1, 0.15) is 16.1 Å². The summed E-state index contributed by atoms with van der Waals surface area (Å²) in [6.45, 7) is 0. The molecular weight excluding hydrogens is 294 g/mol. The molecule has 7 heteroatoms. The first-order valence-corrected chi connectivity index (χ1v) is 5.86. The van der Waals surface area contributed by atoms with Crippen LogP contribution in [0.4, 0.5) is 4.39 Å². The SMILES string of the molecule is COC(=O)c1nc(Cl)c(-c2ccccc2F)c(Cl)n1. The summed E-state index contributed by atoms with van der Waals surface area (Å²) in [6.07, 6.45) is 0. The highest BCUT2D eigenvalue weighted by molar-refractivity contribution is 6.37. The van der Waals surface area contributed by atoms with E-state index in [-0.39, 0.29) is 27.3 Å². The molecule has 0 saturated heterocycles. The van der Waals surface area contributed by atoms with Crippen molar-refractivity contribution in [3.05, 3.63) is 46.2 Å². The Hall–Kier alpha value is -1.72. The van der Waals surface area contributed by atoms with Crippen LogP contribution in [0.15, 0.2) is 24.3 Å². The Morgan fingerprint density at radius 2 is 1.79 bits per heavy atom. The number of esters is 1. The van der Waals surface area contributed by atoms with Crippen LogP contribution in [0.1, 0.15) is 10.6 Å². The predicted octanol–water partition coefficient (Wildman–Crippen LogP) is 3.38. The maximum Gasteiger partial charge on any atom is 0.376 e. The Kier molecular flexibility index (Phi) is 3.97. The fraction of sp³-hybridized carbons (Fsp3) is 0.0833. The van der Waals surface area contributed by atoms with Gasteiger partial charge in [-0.25, -0.2) is 19.2 Å². The zero-order chi connectivity index (χ0) is 14.0. The Balaban J connectivity index is 2.61. The number of rotatable bonds is 2. The van der Waals surface area contributed by atoms with E-state index >= 15 is 0 Å². The average molecular weight is 301 g/mol. The molecule has 0 bridgehead atoms. The summed E-state index contributed by atoms with van der Waals surface area (Å²) in [7, 11) is 1.18. The van der Waals surface area contributed by atoms with Gasteiger partial charge in [-0.1, -0.05) is 41.4 Å². The van der Waals surface area contributed by atoms with Crippen molar-refractivity contribution in [1.82, 2.24) is 9.97 Å². The van der Waals surface area contributed by atoms with E-state index in [0.29, 0.717) is 0 Å². The van der Waals surface area contributed by atoms with Crippen molar-refractivity contribution in [2.75, 3.05) is 7.11 Å². The lowest BCUT2D eigenvalue weighted by Gasteiger charge is -2.08. The monoisotopic (exact) mass is 300 g/mol. The molecule has 0 aliphatic rings. The Morgan fingerprint density at radius 3 is 2.32 bits per heavy atom. The van der Waals surface area contributed by atoms with E-state index in [1.54, 1.807) is 6.07 Å². The van der Waals surface area contributed by atoms with Gasteiger partial charge < -0.3 is 4.74 Å². The third kappa shape index (κ3) is 2.67. The van der Waals surface area contributed by atoms with Gasteiger partial charge in [-0.2, -0.15) is 0 Å². The molecule has 19 heavy (non-hydrogen) atoms. The molecule has 0 fully saturated rings. The van der Waals surface area contributed by atoms with Crippen LogP contribution in [0.25, 0.3) is 11.1 Å². The quantitative estimate of drug-likeness (QED) is 0.630. The lowest BCUT2D eigenvalue weighted by Crippen LogP contribution is -2.08. The van der Waals surface area contributed by atoms with Gasteiger partial charge in [0.15, 0.2) is 0 Å². The number of hydrogen-bond acceptors (Lipinski definition) is 4. The predicted molar refractivity (Wildman–Crippen MR) is 68.8 cm³/mol. The fourth-order valence-corrected chi connectivity index (χ4v) is 2.07. The smallest absolute Gasteiger partial charge is 0.376 e. The van der Waals surface area contributed by atoms with Gasteiger partial charge in [-0.05, 0) is 6.07 Å². The second kappa shape index (κ2) is 5.50. The molecule has 0 atom stereocenters. The average Bonchev–Trinajstić information content (AvgIpc) is 2.39. The number of hydrogen-bond donors (Lipinski definition) is 0. The van der Waals surface area contributed by atoms with Crippen molar-refractivity contribution in [1.29, 1.82) is 0 Å². The molecule has 0 spiro atoms. The minimum Gasteiger partial charge on any atom is -0.463 e. The molecule has 0 N–H and O–H groups in total. The number of halogens is 3. The summed E-state index contributed by atoms with van der Waals surface area (Å²) in [6, 6.07) is 5.91. The number of methoxy groups -OCH3 is 1. The Bertz CT molecular complexity index is 626. The second-order valence-corrected chi connectivity index (χ2v) is 4.19. The van der Waals surface area contributed by atoms with E-state index in [0.717, 1.165) is 0 Å². The summed E-state index contributed by atoms with van der Waals surface area (Å²) in [5.41, 5.74) is 0.294. The molecule has 1 aromatic heterocycles. The Labute approximate surface area is 118 Å². The zero-order valence-electron chi connectivity index (χ0n) is 9.65. The number of nitrogens with zero attached hydrogens (tertiary/aromatic N) is 2. The standard InChI is InChI=1S/C12H7Cl2FN2O2/c1-19-12(18)11-16-9(13)8(10(14)17-11)6-4-2-3-5-7(6)15/h2-5H,1H3. The van der Waals surface area contributed by atoms with Crippen molar-refractivity contribution in [3.8, 4) is 11.1 Å². The number of carbonyl (C=O) groups is 1. The maximum absolute atomic E-state index is 13.7. The summed E-state index contributed by atoms with van der Waals surface area (Å²) in [5.74, 6) is -1.57. The van der Waals surface area contributed by atoms with Gasteiger partial charge in [0, 0.05) is 5.56 Å². The highest BCUT2D eigenvalue weighted by Gasteiger charge is 2.19. The van der Waals surface area contributed by atoms with E-state index in [1.165, 1.54) is 25.3 Å². The maximum atomic E-state index is 13.7. The van der Waals surface area contributed by atoms with Crippen LogP contribution in [0, 0.1) is 5.82 Å². The summed E-state index contributed by atoms with van der Waals surface area (Å²) in [4.78, 5) is 18.8. The molecule has 0 amide bonds. The molecule has 0 unspecified atom stereocenters. The molecule has 1 aromatic carbocycles. The first-order valence-electron chi connectivity index (χ1n) is 5.11. The van der Waals surface area contributed by atoms with Crippen LogP contribution in [-0.2, 0) is 4.74 Å². The van der Waals surface area contributed by atoms with E-state index in [9.17, 15) is 9.18 Å². The molecule has 98 valence electrons. The highest BCUT2D eigenvalue weighted by Crippen LogP contribution is 2.33. The van der Waals surface area contributed by atoms with Crippen LogP contribution in [0.2, 0.25) is 10.3 Å². The number of aromatic nitrogens is 2. The van der Waals surface area contributed by atoms with E-state index < -0.39 is 11.8 Å². The summed E-state index contributed by atoms with van der Waals surface area (Å²) in [5, 5.41) is -0.240. The van der Waals surface area contributed by atoms with E-state index in [4.69, 9.17) is 23.2 Å². The van der Waals surface area contributed by atoms with Gasteiger partial charge in [-0.3, -0.25) is 0 Å². The number of ether oxygens (including phenoxy) is 1. The van der Waals surface area contributed by atoms with Crippen LogP contribution >= 0.6 is 23.2 Å². The first kappa shape index (κ1) is 13.7. The molecular formula is C12H7Cl2FN2O2. The van der Waals surface area contributed by atoms with Crippen molar-refractivity contribution < 1.29 is 13.9 Å². The van der Waals surface area contributed by atoms with Crippen LogP contribution in [0.3, 0.4) is 0 Å². The summed E-state index contributed by atoms with van der Waals surface area (Å²) < 4.78 is 18.2. The largest absolute Gasteiger partial charge is 0.463 e. The fourth-order valence-electron chi connectivity index (χ4n) is 1.48.